The molecule has 0 spiro atoms. The largest absolute Gasteiger partial charge is 0.508 e. The SMILES string of the molecule is CC(C)(Cc1cc(F)cc(F)c1)NCC(O)c1cc(O)cc2c1OCC(=O)N2.CCOc1ccc(CC(C)(C)NCC(O)c2cc(O)cc3c2OCC(=O)N3)cc1. The smallest absolute Gasteiger partial charge is 0.262 e. The van der Waals surface area contributed by atoms with Gasteiger partial charge in [0.1, 0.15) is 40.4 Å². The van der Waals surface area contributed by atoms with Gasteiger partial charge in [-0.1, -0.05) is 12.1 Å². The van der Waals surface area contributed by atoms with Crippen molar-refractivity contribution < 1.29 is 53.0 Å². The van der Waals surface area contributed by atoms with E-state index in [0.29, 0.717) is 52.6 Å². The molecule has 13 nitrogen and oxygen atoms in total. The number of anilines is 2. The van der Waals surface area contributed by atoms with Crippen molar-refractivity contribution in [3.05, 3.63) is 101 Å². The zero-order chi connectivity index (χ0) is 41.5. The first kappa shape index (κ1) is 42.7. The predicted octanol–water partition coefficient (Wildman–Crippen LogP) is 5.41. The molecule has 2 atom stereocenters. The third kappa shape index (κ3) is 12.0. The molecule has 2 heterocycles. The number of rotatable bonds is 14. The van der Waals surface area contributed by atoms with Gasteiger partial charge in [0.05, 0.1) is 30.2 Å². The van der Waals surface area contributed by atoms with E-state index in [1.54, 1.807) is 0 Å². The number of aliphatic hydroxyl groups is 2. The molecule has 6 rings (SSSR count). The highest BCUT2D eigenvalue weighted by Crippen LogP contribution is 2.40. The lowest BCUT2D eigenvalue weighted by atomic mass is 9.94. The van der Waals surface area contributed by atoms with Gasteiger partial charge >= 0.3 is 0 Å². The summed E-state index contributed by atoms with van der Waals surface area (Å²) in [5.74, 6) is -0.549. The Balaban J connectivity index is 0.000000218. The highest BCUT2D eigenvalue weighted by molar-refractivity contribution is 5.96. The summed E-state index contributed by atoms with van der Waals surface area (Å²) in [5.41, 5.74) is 2.21. The Bertz CT molecular complexity index is 2040. The van der Waals surface area contributed by atoms with Gasteiger partial charge in [0.2, 0.25) is 0 Å². The van der Waals surface area contributed by atoms with Crippen molar-refractivity contribution >= 4 is 23.2 Å². The molecule has 15 heteroatoms. The van der Waals surface area contributed by atoms with Crippen LogP contribution in [0, 0.1) is 11.6 Å². The molecule has 2 amide bonds. The summed E-state index contributed by atoms with van der Waals surface area (Å²) in [5, 5.41) is 52.9. The molecule has 0 bridgehead atoms. The van der Waals surface area contributed by atoms with Crippen molar-refractivity contribution in [1.82, 2.24) is 10.6 Å². The van der Waals surface area contributed by atoms with E-state index in [1.807, 2.05) is 45.0 Å². The maximum Gasteiger partial charge on any atom is 0.262 e. The lowest BCUT2D eigenvalue weighted by Crippen LogP contribution is -2.43. The average Bonchev–Trinajstić information content (AvgIpc) is 3.12. The summed E-state index contributed by atoms with van der Waals surface area (Å²) in [6.07, 6.45) is -0.861. The number of β-amino-alcohol motifs (C(OH)–C–C–N with tert-alkyl or cyclic N) is 2. The Hall–Kier alpha value is -5.48. The number of aromatic hydroxyl groups is 2. The van der Waals surface area contributed by atoms with Crippen molar-refractivity contribution in [2.45, 2.75) is 70.7 Å². The molecule has 0 saturated heterocycles. The number of carbonyl (C=O) groups is 2. The van der Waals surface area contributed by atoms with Crippen LogP contribution in [0.3, 0.4) is 0 Å². The zero-order valence-electron chi connectivity index (χ0n) is 32.5. The maximum atomic E-state index is 13.4. The van der Waals surface area contributed by atoms with E-state index in [4.69, 9.17) is 14.2 Å². The number of phenols is 2. The lowest BCUT2D eigenvalue weighted by Gasteiger charge is -2.29. The maximum absolute atomic E-state index is 13.4. The van der Waals surface area contributed by atoms with Gasteiger partial charge in [0.15, 0.2) is 13.2 Å². The molecule has 2 aliphatic heterocycles. The van der Waals surface area contributed by atoms with Crippen LogP contribution >= 0.6 is 0 Å². The zero-order valence-corrected chi connectivity index (χ0v) is 32.5. The van der Waals surface area contributed by atoms with Crippen LogP contribution < -0.4 is 35.5 Å². The highest BCUT2D eigenvalue weighted by Gasteiger charge is 2.28. The Labute approximate surface area is 330 Å². The first-order valence-corrected chi connectivity index (χ1v) is 18.5. The molecule has 0 aromatic heterocycles. The van der Waals surface area contributed by atoms with Gasteiger partial charge in [-0.3, -0.25) is 9.59 Å². The highest BCUT2D eigenvalue weighted by atomic mass is 19.1. The molecule has 0 radical (unpaired) electrons. The number of benzene rings is 4. The first-order valence-electron chi connectivity index (χ1n) is 18.5. The van der Waals surface area contributed by atoms with E-state index < -0.39 is 29.4 Å². The number of halogens is 2. The van der Waals surface area contributed by atoms with Crippen LogP contribution in [0.2, 0.25) is 0 Å². The molecule has 4 aromatic carbocycles. The van der Waals surface area contributed by atoms with Crippen molar-refractivity contribution in [3.63, 3.8) is 0 Å². The van der Waals surface area contributed by atoms with Gasteiger partial charge in [0, 0.05) is 53.5 Å². The van der Waals surface area contributed by atoms with E-state index in [9.17, 15) is 38.8 Å². The van der Waals surface area contributed by atoms with Gasteiger partial charge in [-0.05, 0) is 95.0 Å². The second kappa shape index (κ2) is 18.2. The van der Waals surface area contributed by atoms with Gasteiger partial charge in [-0.2, -0.15) is 0 Å². The fourth-order valence-corrected chi connectivity index (χ4v) is 6.62. The molecule has 2 aliphatic rings. The molecule has 0 aliphatic carbocycles. The van der Waals surface area contributed by atoms with Crippen molar-refractivity contribution in [3.8, 4) is 28.7 Å². The minimum atomic E-state index is -1.04. The van der Waals surface area contributed by atoms with Crippen molar-refractivity contribution in [2.75, 3.05) is 43.5 Å². The molecule has 306 valence electrons. The number of aliphatic hydroxyl groups excluding tert-OH is 2. The summed E-state index contributed by atoms with van der Waals surface area (Å²) < 4.78 is 43.1. The second-order valence-corrected chi connectivity index (χ2v) is 15.3. The molecule has 0 saturated carbocycles. The Morgan fingerprint density at radius 3 is 1.58 bits per heavy atom. The fourth-order valence-electron chi connectivity index (χ4n) is 6.62. The van der Waals surface area contributed by atoms with Crippen LogP contribution in [-0.2, 0) is 22.4 Å². The minimum absolute atomic E-state index is 0.0442. The molecule has 0 fully saturated rings. The minimum Gasteiger partial charge on any atom is -0.508 e. The Morgan fingerprint density at radius 1 is 0.702 bits per heavy atom. The van der Waals surface area contributed by atoms with Crippen molar-refractivity contribution in [2.24, 2.45) is 0 Å². The summed E-state index contributed by atoms with van der Waals surface area (Å²) >= 11 is 0. The van der Waals surface area contributed by atoms with E-state index in [2.05, 4.69) is 35.1 Å². The summed E-state index contributed by atoms with van der Waals surface area (Å²) in [4.78, 5) is 23.0. The first-order chi connectivity index (χ1) is 26.9. The predicted molar refractivity (Wildman–Crippen MR) is 210 cm³/mol. The van der Waals surface area contributed by atoms with Crippen LogP contribution in [0.15, 0.2) is 66.7 Å². The number of amides is 2. The number of ether oxygens (including phenoxy) is 3. The van der Waals surface area contributed by atoms with Gasteiger partial charge in [0.25, 0.3) is 11.8 Å². The lowest BCUT2D eigenvalue weighted by molar-refractivity contribution is -0.119. The average molecular weight is 793 g/mol. The van der Waals surface area contributed by atoms with E-state index >= 15 is 0 Å². The summed E-state index contributed by atoms with van der Waals surface area (Å²) in [6, 6.07) is 16.9. The monoisotopic (exact) mass is 792 g/mol. The number of fused-ring (bicyclic) bond motifs is 2. The third-order valence-electron chi connectivity index (χ3n) is 9.16. The Morgan fingerprint density at radius 2 is 1.14 bits per heavy atom. The standard InChI is InChI=1S/C22H28N2O5.C20H22F2N2O4/c1-4-28-16-7-5-14(6-8-16)11-22(2,3)23-12-19(26)17-9-15(25)10-18-21(17)29-13-20(27)24-18;1-20(2,8-11-3-12(21)5-13(22)4-11)23-9-17(26)15-6-14(25)7-16-19(15)28-10-18(27)24-16/h5-10,19,23,25-26H,4,11-13H2,1-3H3,(H,24,27);3-7,17,23,25-26H,8-10H2,1-2H3,(H,24,27). The van der Waals surface area contributed by atoms with Gasteiger partial charge in [-0.15, -0.1) is 0 Å². The molecular weight excluding hydrogens is 742 g/mol. The molecule has 2 unspecified atom stereocenters. The van der Waals surface area contributed by atoms with E-state index in [-0.39, 0.29) is 55.2 Å². The third-order valence-corrected chi connectivity index (χ3v) is 9.16. The summed E-state index contributed by atoms with van der Waals surface area (Å²) in [7, 11) is 0. The van der Waals surface area contributed by atoms with E-state index in [1.165, 1.54) is 36.4 Å². The molecule has 57 heavy (non-hydrogen) atoms. The molecular formula is C42H50F2N4O9. The van der Waals surface area contributed by atoms with Crippen molar-refractivity contribution in [1.29, 1.82) is 0 Å². The number of nitrogens with one attached hydrogen (secondary N) is 4. The normalized spacial score (nSPS) is 14.7. The number of carbonyl (C=O) groups excluding carboxylic acids is 2. The number of phenolic OH excluding ortho intramolecular Hbond substituents is 2. The van der Waals surface area contributed by atoms with Crippen LogP contribution in [0.4, 0.5) is 20.2 Å². The fraction of sp³-hybridized carbons (Fsp3) is 0.381. The van der Waals surface area contributed by atoms with Crippen LogP contribution in [0.1, 0.15) is 69.1 Å². The Kier molecular flexibility index (Phi) is 13.6. The quantitative estimate of drug-likeness (QED) is 0.0815. The second-order valence-electron chi connectivity index (χ2n) is 15.3. The molecule has 4 aromatic rings. The van der Waals surface area contributed by atoms with Gasteiger partial charge < -0.3 is 55.9 Å². The molecule has 8 N–H and O–H groups in total. The topological polar surface area (TPSA) is 191 Å². The van der Waals surface area contributed by atoms with E-state index in [0.717, 1.165) is 23.8 Å². The number of hydrogen-bond acceptors (Lipinski definition) is 11. The van der Waals surface area contributed by atoms with Gasteiger partial charge in [-0.25, -0.2) is 8.78 Å². The van der Waals surface area contributed by atoms with Crippen LogP contribution in [-0.4, -0.2) is 76.2 Å². The van der Waals surface area contributed by atoms with Crippen LogP contribution in [0.25, 0.3) is 0 Å². The van der Waals surface area contributed by atoms with Crippen LogP contribution in [0.5, 0.6) is 28.7 Å². The summed E-state index contributed by atoms with van der Waals surface area (Å²) in [6.45, 7) is 10.5. The number of hydrogen-bond donors (Lipinski definition) is 8.